The number of nitrogens with one attached hydrogen (secondary N) is 1. The minimum absolute atomic E-state index is 0.387. The first-order valence-electron chi connectivity index (χ1n) is 5.87. The zero-order valence-electron chi connectivity index (χ0n) is 9.72. The lowest BCUT2D eigenvalue weighted by Gasteiger charge is -2.19. The maximum atomic E-state index is 5.42. The van der Waals surface area contributed by atoms with E-state index in [9.17, 15) is 0 Å². The van der Waals surface area contributed by atoms with Crippen molar-refractivity contribution in [2.45, 2.75) is 19.4 Å². The molecule has 3 rings (SSSR count). The Labute approximate surface area is 104 Å². The summed E-state index contributed by atoms with van der Waals surface area (Å²) in [6, 6.07) is 2.41. The Morgan fingerprint density at radius 3 is 3.29 bits per heavy atom. The fraction of sp³-hybridized carbons (Fsp3) is 0.500. The van der Waals surface area contributed by atoms with Gasteiger partial charge in [0.05, 0.1) is 16.8 Å². The second kappa shape index (κ2) is 4.58. The Kier molecular flexibility index (Phi) is 2.94. The average molecular weight is 249 g/mol. The summed E-state index contributed by atoms with van der Waals surface area (Å²) < 4.78 is 6.56. The maximum absolute atomic E-state index is 5.42. The van der Waals surface area contributed by atoms with E-state index in [2.05, 4.69) is 22.2 Å². The monoisotopic (exact) mass is 249 g/mol. The van der Waals surface area contributed by atoms with Crippen molar-refractivity contribution < 1.29 is 4.74 Å². The van der Waals surface area contributed by atoms with E-state index in [0.29, 0.717) is 12.0 Å². The standard InChI is InChI=1S/C12H15N3OS/c1-8(9-2-4-16-6-9)15-12-11-10(3-5-17-11)13-7-14-12/h3,5,7-9H,2,4,6H2,1H3,(H,13,14,15). The van der Waals surface area contributed by atoms with Gasteiger partial charge in [-0.1, -0.05) is 0 Å². The van der Waals surface area contributed by atoms with Crippen LogP contribution in [0.2, 0.25) is 0 Å². The molecule has 3 heterocycles. The van der Waals surface area contributed by atoms with Crippen molar-refractivity contribution in [3.63, 3.8) is 0 Å². The second-order valence-electron chi connectivity index (χ2n) is 4.41. The van der Waals surface area contributed by atoms with E-state index in [1.807, 2.05) is 11.4 Å². The van der Waals surface area contributed by atoms with Crippen molar-refractivity contribution in [3.05, 3.63) is 17.8 Å². The van der Waals surface area contributed by atoms with Crippen molar-refractivity contribution in [1.29, 1.82) is 0 Å². The molecule has 1 aliphatic heterocycles. The minimum atomic E-state index is 0.387. The summed E-state index contributed by atoms with van der Waals surface area (Å²) in [5, 5.41) is 5.54. The van der Waals surface area contributed by atoms with Crippen LogP contribution in [0.15, 0.2) is 17.8 Å². The first kappa shape index (κ1) is 10.9. The van der Waals surface area contributed by atoms with Crippen molar-refractivity contribution in [2.75, 3.05) is 18.5 Å². The van der Waals surface area contributed by atoms with Crippen LogP contribution >= 0.6 is 11.3 Å². The molecule has 90 valence electrons. The number of aromatic nitrogens is 2. The largest absolute Gasteiger partial charge is 0.381 e. The molecule has 1 saturated heterocycles. The Balaban J connectivity index is 1.81. The van der Waals surface area contributed by atoms with Crippen LogP contribution in [0.5, 0.6) is 0 Å². The molecule has 2 atom stereocenters. The lowest BCUT2D eigenvalue weighted by molar-refractivity contribution is 0.183. The first-order valence-corrected chi connectivity index (χ1v) is 6.75. The molecule has 0 amide bonds. The van der Waals surface area contributed by atoms with Crippen LogP contribution in [0.25, 0.3) is 10.2 Å². The Morgan fingerprint density at radius 1 is 1.53 bits per heavy atom. The van der Waals surface area contributed by atoms with Gasteiger partial charge >= 0.3 is 0 Å². The smallest absolute Gasteiger partial charge is 0.147 e. The Hall–Kier alpha value is -1.20. The summed E-state index contributed by atoms with van der Waals surface area (Å²) >= 11 is 1.68. The molecule has 1 N–H and O–H groups in total. The number of rotatable bonds is 3. The van der Waals surface area contributed by atoms with E-state index in [4.69, 9.17) is 4.74 Å². The van der Waals surface area contributed by atoms with Crippen molar-refractivity contribution in [3.8, 4) is 0 Å². The highest BCUT2D eigenvalue weighted by atomic mass is 32.1. The quantitative estimate of drug-likeness (QED) is 0.908. The van der Waals surface area contributed by atoms with Crippen molar-refractivity contribution in [2.24, 2.45) is 5.92 Å². The van der Waals surface area contributed by atoms with Crippen molar-refractivity contribution >= 4 is 27.4 Å². The lowest BCUT2D eigenvalue weighted by atomic mass is 10.0. The van der Waals surface area contributed by atoms with E-state index in [1.165, 1.54) is 0 Å². The third kappa shape index (κ3) is 2.12. The predicted molar refractivity (Wildman–Crippen MR) is 69.4 cm³/mol. The molecule has 0 spiro atoms. The molecule has 0 radical (unpaired) electrons. The fourth-order valence-corrected chi connectivity index (χ4v) is 2.97. The summed E-state index contributed by atoms with van der Waals surface area (Å²) in [6.07, 6.45) is 2.75. The zero-order chi connectivity index (χ0) is 11.7. The highest BCUT2D eigenvalue weighted by molar-refractivity contribution is 7.17. The number of hydrogen-bond acceptors (Lipinski definition) is 5. The molecule has 2 aromatic rings. The molecule has 2 aromatic heterocycles. The molecule has 0 aliphatic carbocycles. The van der Waals surface area contributed by atoms with E-state index in [-0.39, 0.29) is 0 Å². The molecule has 0 bridgehead atoms. The van der Waals surface area contributed by atoms with Gasteiger partial charge in [-0.25, -0.2) is 9.97 Å². The summed E-state index contributed by atoms with van der Waals surface area (Å²) in [5.74, 6) is 1.53. The molecule has 0 aromatic carbocycles. The number of hydrogen-bond donors (Lipinski definition) is 1. The van der Waals surface area contributed by atoms with Gasteiger partial charge in [-0.2, -0.15) is 0 Å². The van der Waals surface area contributed by atoms with E-state index in [0.717, 1.165) is 35.7 Å². The van der Waals surface area contributed by atoms with Crippen molar-refractivity contribution in [1.82, 2.24) is 9.97 Å². The van der Waals surface area contributed by atoms with Crippen LogP contribution in [-0.4, -0.2) is 29.2 Å². The molecule has 2 unspecified atom stereocenters. The van der Waals surface area contributed by atoms with Crippen LogP contribution in [0, 0.1) is 5.92 Å². The third-order valence-corrected chi connectivity index (χ3v) is 4.19. The van der Waals surface area contributed by atoms with Gasteiger partial charge < -0.3 is 10.1 Å². The topological polar surface area (TPSA) is 47.0 Å². The van der Waals surface area contributed by atoms with Gasteiger partial charge in [0, 0.05) is 18.6 Å². The van der Waals surface area contributed by atoms with E-state index in [1.54, 1.807) is 17.7 Å². The third-order valence-electron chi connectivity index (χ3n) is 3.28. The average Bonchev–Trinajstić information content (AvgIpc) is 3.00. The molecule has 1 fully saturated rings. The molecule has 4 nitrogen and oxygen atoms in total. The second-order valence-corrected chi connectivity index (χ2v) is 5.33. The zero-order valence-corrected chi connectivity index (χ0v) is 10.5. The normalized spacial score (nSPS) is 21.8. The molecular weight excluding hydrogens is 234 g/mol. The fourth-order valence-electron chi connectivity index (χ4n) is 2.17. The van der Waals surface area contributed by atoms with Crippen LogP contribution < -0.4 is 5.32 Å². The highest BCUT2D eigenvalue weighted by Gasteiger charge is 2.23. The van der Waals surface area contributed by atoms with Gasteiger partial charge in [0.2, 0.25) is 0 Å². The SMILES string of the molecule is CC(Nc1ncnc2ccsc12)C1CCOC1. The summed E-state index contributed by atoms with van der Waals surface area (Å²) in [4.78, 5) is 8.58. The van der Waals surface area contributed by atoms with Gasteiger partial charge in [-0.05, 0) is 24.8 Å². The van der Waals surface area contributed by atoms with Crippen LogP contribution in [0.4, 0.5) is 5.82 Å². The number of nitrogens with zero attached hydrogens (tertiary/aromatic N) is 2. The molecule has 5 heteroatoms. The maximum Gasteiger partial charge on any atom is 0.147 e. The number of thiophene rings is 1. The highest BCUT2D eigenvalue weighted by Crippen LogP contribution is 2.27. The Morgan fingerprint density at radius 2 is 2.47 bits per heavy atom. The van der Waals surface area contributed by atoms with Gasteiger partial charge in [0.1, 0.15) is 12.1 Å². The predicted octanol–water partition coefficient (Wildman–Crippen LogP) is 2.53. The number of ether oxygens (including phenoxy) is 1. The van der Waals surface area contributed by atoms with Gasteiger partial charge in [-0.15, -0.1) is 11.3 Å². The first-order chi connectivity index (χ1) is 8.34. The number of anilines is 1. The summed E-state index contributed by atoms with van der Waals surface area (Å²) in [5.41, 5.74) is 1.02. The molecule has 17 heavy (non-hydrogen) atoms. The summed E-state index contributed by atoms with van der Waals surface area (Å²) in [7, 11) is 0. The molecule has 0 saturated carbocycles. The summed E-state index contributed by atoms with van der Waals surface area (Å²) in [6.45, 7) is 3.93. The van der Waals surface area contributed by atoms with Gasteiger partial charge in [0.25, 0.3) is 0 Å². The van der Waals surface area contributed by atoms with Crippen LogP contribution in [-0.2, 0) is 4.74 Å². The molecular formula is C12H15N3OS. The Bertz CT molecular complexity index is 507. The van der Waals surface area contributed by atoms with E-state index >= 15 is 0 Å². The van der Waals surface area contributed by atoms with Crippen LogP contribution in [0.3, 0.4) is 0 Å². The molecule has 1 aliphatic rings. The lowest BCUT2D eigenvalue weighted by Crippen LogP contribution is -2.26. The van der Waals surface area contributed by atoms with Crippen LogP contribution in [0.1, 0.15) is 13.3 Å². The van der Waals surface area contributed by atoms with E-state index < -0.39 is 0 Å². The number of fused-ring (bicyclic) bond motifs is 1. The van der Waals surface area contributed by atoms with Gasteiger partial charge in [0.15, 0.2) is 0 Å². The minimum Gasteiger partial charge on any atom is -0.381 e. The van der Waals surface area contributed by atoms with Gasteiger partial charge in [-0.3, -0.25) is 0 Å².